The highest BCUT2D eigenvalue weighted by Gasteiger charge is 2.20. The third-order valence-corrected chi connectivity index (χ3v) is 4.05. The zero-order chi connectivity index (χ0) is 15.4. The molecule has 0 bridgehead atoms. The van der Waals surface area contributed by atoms with Gasteiger partial charge in [0.1, 0.15) is 11.6 Å². The fourth-order valence-electron chi connectivity index (χ4n) is 2.30. The summed E-state index contributed by atoms with van der Waals surface area (Å²) >= 11 is 3.43. The molecule has 0 heterocycles. The largest absolute Gasteiger partial charge is 0.306 e. The van der Waals surface area contributed by atoms with Crippen LogP contribution in [0.3, 0.4) is 0 Å². The fraction of sp³-hybridized carbons (Fsp3) is 0.294. The minimum absolute atomic E-state index is 0.287. The fourth-order valence-corrected chi connectivity index (χ4v) is 2.77. The molecule has 0 saturated carbocycles. The first kappa shape index (κ1) is 16.1. The van der Waals surface area contributed by atoms with Crippen molar-refractivity contribution in [2.24, 2.45) is 0 Å². The van der Waals surface area contributed by atoms with E-state index in [0.717, 1.165) is 23.0 Å². The third-order valence-electron chi connectivity index (χ3n) is 3.33. The smallest absolute Gasteiger partial charge is 0.128 e. The summed E-state index contributed by atoms with van der Waals surface area (Å²) in [5, 5.41) is 3.30. The lowest BCUT2D eigenvalue weighted by Gasteiger charge is -2.22. The average Bonchev–Trinajstić information content (AvgIpc) is 2.46. The van der Waals surface area contributed by atoms with Gasteiger partial charge in [0.15, 0.2) is 0 Å². The summed E-state index contributed by atoms with van der Waals surface area (Å²) in [5.41, 5.74) is 2.21. The molecule has 1 nitrogen and oxygen atoms in total. The zero-order valence-electron chi connectivity index (χ0n) is 12.1. The zero-order valence-corrected chi connectivity index (χ0v) is 13.7. The molecule has 1 atom stereocenters. The molecule has 1 unspecified atom stereocenters. The number of benzene rings is 2. The van der Waals surface area contributed by atoms with E-state index in [1.165, 1.54) is 18.2 Å². The summed E-state index contributed by atoms with van der Waals surface area (Å²) in [6, 6.07) is 9.10. The van der Waals surface area contributed by atoms with E-state index < -0.39 is 0 Å². The van der Waals surface area contributed by atoms with Crippen LogP contribution in [0.2, 0.25) is 0 Å². The number of halogens is 3. The van der Waals surface area contributed by atoms with Gasteiger partial charge in [-0.3, -0.25) is 0 Å². The van der Waals surface area contributed by atoms with Crippen LogP contribution >= 0.6 is 15.9 Å². The van der Waals surface area contributed by atoms with Gasteiger partial charge < -0.3 is 5.32 Å². The van der Waals surface area contributed by atoms with Crippen molar-refractivity contribution >= 4 is 15.9 Å². The Kier molecular flexibility index (Phi) is 5.48. The minimum Gasteiger partial charge on any atom is -0.306 e. The molecule has 112 valence electrons. The maximum Gasteiger partial charge on any atom is 0.128 e. The standard InChI is InChI=1S/C17H18BrF2N/c1-3-8-21-17(13-10-12(19)5-6-15(13)18)14-9-11(2)4-7-16(14)20/h4-7,9-10,17,21H,3,8H2,1-2H3. The van der Waals surface area contributed by atoms with Gasteiger partial charge in [-0.05, 0) is 49.7 Å². The van der Waals surface area contributed by atoms with Crippen molar-refractivity contribution in [2.45, 2.75) is 26.3 Å². The maximum absolute atomic E-state index is 14.2. The average molecular weight is 354 g/mol. The molecule has 0 spiro atoms. The quantitative estimate of drug-likeness (QED) is 0.785. The van der Waals surface area contributed by atoms with Crippen molar-refractivity contribution in [1.29, 1.82) is 0 Å². The van der Waals surface area contributed by atoms with Crippen LogP contribution in [0.4, 0.5) is 8.78 Å². The Labute approximate surface area is 132 Å². The number of rotatable bonds is 5. The second-order valence-corrected chi connectivity index (χ2v) is 5.93. The Morgan fingerprint density at radius 2 is 1.86 bits per heavy atom. The molecule has 0 amide bonds. The first-order valence-electron chi connectivity index (χ1n) is 6.97. The normalized spacial score (nSPS) is 12.4. The summed E-state index contributed by atoms with van der Waals surface area (Å²) in [4.78, 5) is 0. The Morgan fingerprint density at radius 3 is 2.57 bits per heavy atom. The Hall–Kier alpha value is -1.26. The van der Waals surface area contributed by atoms with E-state index in [0.29, 0.717) is 11.1 Å². The third kappa shape index (κ3) is 3.89. The Balaban J connectivity index is 2.52. The van der Waals surface area contributed by atoms with E-state index in [4.69, 9.17) is 0 Å². The predicted octanol–water partition coefficient (Wildman–Crippen LogP) is 5.12. The first-order chi connectivity index (χ1) is 10.0. The molecule has 2 aromatic carbocycles. The first-order valence-corrected chi connectivity index (χ1v) is 7.76. The number of aryl methyl sites for hydroxylation is 1. The van der Waals surface area contributed by atoms with Crippen LogP contribution in [0.15, 0.2) is 40.9 Å². The van der Waals surface area contributed by atoms with Gasteiger partial charge in [-0.2, -0.15) is 0 Å². The highest BCUT2D eigenvalue weighted by Crippen LogP contribution is 2.31. The van der Waals surface area contributed by atoms with Gasteiger partial charge in [-0.1, -0.05) is 40.5 Å². The molecule has 2 aromatic rings. The second-order valence-electron chi connectivity index (χ2n) is 5.08. The highest BCUT2D eigenvalue weighted by atomic mass is 79.9. The van der Waals surface area contributed by atoms with Crippen molar-refractivity contribution in [2.75, 3.05) is 6.54 Å². The van der Waals surface area contributed by atoms with Gasteiger partial charge >= 0.3 is 0 Å². The molecule has 2 rings (SSSR count). The van der Waals surface area contributed by atoms with Crippen molar-refractivity contribution in [3.8, 4) is 0 Å². The minimum atomic E-state index is -0.380. The Morgan fingerprint density at radius 1 is 1.10 bits per heavy atom. The van der Waals surface area contributed by atoms with Crippen molar-refractivity contribution in [3.05, 3.63) is 69.2 Å². The van der Waals surface area contributed by atoms with Gasteiger partial charge in [0.2, 0.25) is 0 Å². The second kappa shape index (κ2) is 7.14. The monoisotopic (exact) mass is 353 g/mol. The van der Waals surface area contributed by atoms with Gasteiger partial charge in [-0.15, -0.1) is 0 Å². The lowest BCUT2D eigenvalue weighted by Crippen LogP contribution is -2.24. The van der Waals surface area contributed by atoms with Gasteiger partial charge in [0.25, 0.3) is 0 Å². The molecule has 0 radical (unpaired) electrons. The Bertz CT molecular complexity index is 577. The molecular weight excluding hydrogens is 336 g/mol. The van der Waals surface area contributed by atoms with E-state index in [2.05, 4.69) is 21.2 Å². The van der Waals surface area contributed by atoms with E-state index in [1.54, 1.807) is 18.2 Å². The predicted molar refractivity (Wildman–Crippen MR) is 85.4 cm³/mol. The molecule has 0 aliphatic heterocycles. The summed E-state index contributed by atoms with van der Waals surface area (Å²) in [6.45, 7) is 4.68. The maximum atomic E-state index is 14.2. The van der Waals surface area contributed by atoms with Crippen LogP contribution in [0.5, 0.6) is 0 Å². The molecule has 1 N–H and O–H groups in total. The van der Waals surface area contributed by atoms with Crippen LogP contribution in [-0.4, -0.2) is 6.54 Å². The van der Waals surface area contributed by atoms with Crippen LogP contribution in [0, 0.1) is 18.6 Å². The molecule has 21 heavy (non-hydrogen) atoms. The molecule has 0 saturated heterocycles. The topological polar surface area (TPSA) is 12.0 Å². The van der Waals surface area contributed by atoms with Gasteiger partial charge in [-0.25, -0.2) is 8.78 Å². The molecule has 0 aromatic heterocycles. The van der Waals surface area contributed by atoms with Crippen LogP contribution < -0.4 is 5.32 Å². The summed E-state index contributed by atoms with van der Waals surface area (Å²) in [6.07, 6.45) is 0.914. The van der Waals surface area contributed by atoms with E-state index in [1.807, 2.05) is 13.8 Å². The summed E-state index contributed by atoms with van der Waals surface area (Å²) in [7, 11) is 0. The van der Waals surface area contributed by atoms with Crippen LogP contribution in [-0.2, 0) is 0 Å². The molecule has 0 aliphatic carbocycles. The lowest BCUT2D eigenvalue weighted by atomic mass is 9.96. The summed E-state index contributed by atoms with van der Waals surface area (Å²) in [5.74, 6) is -0.616. The van der Waals surface area contributed by atoms with Crippen LogP contribution in [0.25, 0.3) is 0 Å². The number of hydrogen-bond donors (Lipinski definition) is 1. The molecule has 0 aliphatic rings. The molecule has 4 heteroatoms. The number of nitrogens with one attached hydrogen (secondary N) is 1. The van der Waals surface area contributed by atoms with E-state index in [-0.39, 0.29) is 17.7 Å². The lowest BCUT2D eigenvalue weighted by molar-refractivity contribution is 0.541. The van der Waals surface area contributed by atoms with Gasteiger partial charge in [0.05, 0.1) is 6.04 Å². The highest BCUT2D eigenvalue weighted by molar-refractivity contribution is 9.10. The van der Waals surface area contributed by atoms with E-state index >= 15 is 0 Å². The SMILES string of the molecule is CCCNC(c1cc(C)ccc1F)c1cc(F)ccc1Br. The van der Waals surface area contributed by atoms with Crippen molar-refractivity contribution in [3.63, 3.8) is 0 Å². The van der Waals surface area contributed by atoms with E-state index in [9.17, 15) is 8.78 Å². The van der Waals surface area contributed by atoms with Crippen molar-refractivity contribution in [1.82, 2.24) is 5.32 Å². The number of hydrogen-bond acceptors (Lipinski definition) is 1. The van der Waals surface area contributed by atoms with Crippen molar-refractivity contribution < 1.29 is 8.78 Å². The summed E-state index contributed by atoms with van der Waals surface area (Å²) < 4.78 is 28.6. The molecular formula is C17H18BrF2N. The van der Waals surface area contributed by atoms with Gasteiger partial charge in [0, 0.05) is 10.0 Å². The molecule has 0 fully saturated rings. The van der Waals surface area contributed by atoms with Crippen LogP contribution in [0.1, 0.15) is 36.1 Å².